The summed E-state index contributed by atoms with van der Waals surface area (Å²) in [6, 6.07) is 5.00. The molecule has 0 bridgehead atoms. The topological polar surface area (TPSA) is 60.2 Å². The summed E-state index contributed by atoms with van der Waals surface area (Å²) >= 11 is 11.8. The molecule has 0 N–H and O–H groups in total. The minimum Gasteiger partial charge on any atom is -0.300 e. The minimum atomic E-state index is -0.431. The van der Waals surface area contributed by atoms with Gasteiger partial charge in [0.15, 0.2) is 0 Å². The largest absolute Gasteiger partial charge is 0.300 e. The van der Waals surface area contributed by atoms with Crippen molar-refractivity contribution in [3.05, 3.63) is 50.0 Å². The molecule has 1 aromatic rings. The summed E-state index contributed by atoms with van der Waals surface area (Å²) in [5.41, 5.74) is 0.711. The van der Waals surface area contributed by atoms with Gasteiger partial charge in [-0.1, -0.05) is 41.4 Å². The number of Topliss-reactive ketones (excluding diaryl/α,β-unsaturated/α-hetero) is 1. The van der Waals surface area contributed by atoms with Crippen LogP contribution in [0.15, 0.2) is 24.3 Å². The number of ketones is 1. The van der Waals surface area contributed by atoms with Crippen molar-refractivity contribution in [2.75, 3.05) is 6.54 Å². The molecule has 1 rings (SSSR count). The van der Waals surface area contributed by atoms with Crippen LogP contribution in [0.25, 0.3) is 6.08 Å². The van der Waals surface area contributed by atoms with Crippen LogP contribution in [-0.4, -0.2) is 17.3 Å². The van der Waals surface area contributed by atoms with Crippen LogP contribution >= 0.6 is 23.2 Å². The predicted molar refractivity (Wildman–Crippen MR) is 76.1 cm³/mol. The molecule has 0 unspecified atom stereocenters. The maximum Gasteiger partial charge on any atom is 0.210 e. The molecule has 0 fully saturated rings. The molecule has 0 aromatic heterocycles. The van der Waals surface area contributed by atoms with Crippen molar-refractivity contribution in [1.29, 1.82) is 0 Å². The number of carbonyl (C=O) groups excluding carboxylic acids is 1. The van der Waals surface area contributed by atoms with Crippen molar-refractivity contribution < 1.29 is 9.72 Å². The molecule has 4 nitrogen and oxygen atoms in total. The highest BCUT2D eigenvalue weighted by molar-refractivity contribution is 6.35. The maximum absolute atomic E-state index is 11.1. The standard InChI is InChI=1S/C13H13Cl2NO3/c1-9(17)6-10(8-16(18)19)2-3-11-4-5-12(14)7-13(11)15/h2-5,7,10H,6,8H2,1H3/b3-2+/t10-/m1/s1. The lowest BCUT2D eigenvalue weighted by atomic mass is 10.0. The second-order valence-electron chi connectivity index (χ2n) is 4.21. The average molecular weight is 302 g/mol. The van der Waals surface area contributed by atoms with Crippen molar-refractivity contribution in [2.45, 2.75) is 13.3 Å². The number of rotatable bonds is 6. The molecule has 6 heteroatoms. The van der Waals surface area contributed by atoms with Crippen LogP contribution in [0.4, 0.5) is 0 Å². The SMILES string of the molecule is CC(=O)C[C@@H](/C=C/c1ccc(Cl)cc1Cl)C[N+](=O)[O-]. The molecule has 0 saturated carbocycles. The summed E-state index contributed by atoms with van der Waals surface area (Å²) in [4.78, 5) is 21.2. The van der Waals surface area contributed by atoms with Gasteiger partial charge in [0.05, 0.1) is 0 Å². The number of halogens is 2. The summed E-state index contributed by atoms with van der Waals surface area (Å²) in [7, 11) is 0. The second-order valence-corrected chi connectivity index (χ2v) is 5.05. The lowest BCUT2D eigenvalue weighted by Gasteiger charge is -2.05. The van der Waals surface area contributed by atoms with Gasteiger partial charge in [0, 0.05) is 27.3 Å². The number of nitro groups is 1. The number of carbonyl (C=O) groups is 1. The summed E-state index contributed by atoms with van der Waals surface area (Å²) < 4.78 is 0. The van der Waals surface area contributed by atoms with E-state index in [-0.39, 0.29) is 18.7 Å². The quantitative estimate of drug-likeness (QED) is 0.592. The van der Waals surface area contributed by atoms with Crippen molar-refractivity contribution >= 4 is 35.1 Å². The van der Waals surface area contributed by atoms with Gasteiger partial charge in [0.2, 0.25) is 6.54 Å². The van der Waals surface area contributed by atoms with E-state index in [0.29, 0.717) is 15.6 Å². The van der Waals surface area contributed by atoms with Gasteiger partial charge in [-0.05, 0) is 24.6 Å². The van der Waals surface area contributed by atoms with Crippen LogP contribution in [0.1, 0.15) is 18.9 Å². The van der Waals surface area contributed by atoms with Crippen LogP contribution in [0, 0.1) is 16.0 Å². The molecular weight excluding hydrogens is 289 g/mol. The molecule has 0 radical (unpaired) electrons. The van der Waals surface area contributed by atoms with E-state index >= 15 is 0 Å². The number of benzene rings is 1. The fourth-order valence-corrected chi connectivity index (χ4v) is 2.10. The normalized spacial score (nSPS) is 12.6. The third kappa shape index (κ3) is 5.85. The zero-order chi connectivity index (χ0) is 14.4. The molecule has 0 heterocycles. The van der Waals surface area contributed by atoms with Crippen LogP contribution in [-0.2, 0) is 4.79 Å². The Morgan fingerprint density at radius 3 is 2.68 bits per heavy atom. The van der Waals surface area contributed by atoms with E-state index in [0.717, 1.165) is 0 Å². The summed E-state index contributed by atoms with van der Waals surface area (Å²) in [6.45, 7) is 1.14. The van der Waals surface area contributed by atoms with Gasteiger partial charge in [-0.25, -0.2) is 0 Å². The number of hydrogen-bond donors (Lipinski definition) is 0. The first-order valence-corrected chi connectivity index (χ1v) is 6.38. The Morgan fingerprint density at radius 2 is 2.16 bits per heavy atom. The number of hydrogen-bond acceptors (Lipinski definition) is 3. The maximum atomic E-state index is 11.1. The Bertz CT molecular complexity index is 499. The van der Waals surface area contributed by atoms with Gasteiger partial charge in [-0.3, -0.25) is 10.1 Å². The van der Waals surface area contributed by atoms with Crippen molar-refractivity contribution in [2.24, 2.45) is 5.92 Å². The summed E-state index contributed by atoms with van der Waals surface area (Å²) in [6.07, 6.45) is 3.46. The summed E-state index contributed by atoms with van der Waals surface area (Å²) in [5.74, 6) is -0.516. The molecule has 102 valence electrons. The van der Waals surface area contributed by atoms with E-state index in [4.69, 9.17) is 23.2 Å². The zero-order valence-electron chi connectivity index (χ0n) is 10.3. The molecule has 0 aliphatic carbocycles. The van der Waals surface area contributed by atoms with Crippen molar-refractivity contribution in [3.8, 4) is 0 Å². The molecule has 19 heavy (non-hydrogen) atoms. The molecular formula is C13H13Cl2NO3. The van der Waals surface area contributed by atoms with Crippen LogP contribution < -0.4 is 0 Å². The molecule has 0 amide bonds. The van der Waals surface area contributed by atoms with E-state index in [1.807, 2.05) is 0 Å². The van der Waals surface area contributed by atoms with Crippen LogP contribution in [0.5, 0.6) is 0 Å². The van der Waals surface area contributed by atoms with Crippen LogP contribution in [0.3, 0.4) is 0 Å². The molecule has 0 spiro atoms. The Hall–Kier alpha value is -1.39. The first-order valence-electron chi connectivity index (χ1n) is 5.63. The molecule has 0 aliphatic rings. The number of nitrogens with zero attached hydrogens (tertiary/aromatic N) is 1. The van der Waals surface area contributed by atoms with Gasteiger partial charge < -0.3 is 4.79 Å². The van der Waals surface area contributed by atoms with E-state index in [1.54, 1.807) is 30.4 Å². The van der Waals surface area contributed by atoms with Gasteiger partial charge in [0.25, 0.3) is 0 Å². The Morgan fingerprint density at radius 1 is 1.47 bits per heavy atom. The third-order valence-corrected chi connectivity index (χ3v) is 3.01. The van der Waals surface area contributed by atoms with E-state index in [1.165, 1.54) is 6.92 Å². The fourth-order valence-electron chi connectivity index (χ4n) is 1.63. The lowest BCUT2D eigenvalue weighted by molar-refractivity contribution is -0.485. The van der Waals surface area contributed by atoms with Gasteiger partial charge >= 0.3 is 0 Å². The minimum absolute atomic E-state index is 0.0845. The zero-order valence-corrected chi connectivity index (χ0v) is 11.8. The lowest BCUT2D eigenvalue weighted by Crippen LogP contribution is -2.14. The second kappa shape index (κ2) is 7.26. The monoisotopic (exact) mass is 301 g/mol. The van der Waals surface area contributed by atoms with Crippen molar-refractivity contribution in [3.63, 3.8) is 0 Å². The highest BCUT2D eigenvalue weighted by Crippen LogP contribution is 2.23. The van der Waals surface area contributed by atoms with Crippen LogP contribution in [0.2, 0.25) is 10.0 Å². The van der Waals surface area contributed by atoms with Crippen molar-refractivity contribution in [1.82, 2.24) is 0 Å². The van der Waals surface area contributed by atoms with E-state index in [9.17, 15) is 14.9 Å². The summed E-state index contributed by atoms with van der Waals surface area (Å²) in [5, 5.41) is 11.5. The van der Waals surface area contributed by atoms with Gasteiger partial charge in [-0.15, -0.1) is 0 Å². The first kappa shape index (κ1) is 15.7. The Kier molecular flexibility index (Phi) is 5.99. The highest BCUT2D eigenvalue weighted by atomic mass is 35.5. The first-order chi connectivity index (χ1) is 8.88. The fraction of sp³-hybridized carbons (Fsp3) is 0.308. The molecule has 0 aliphatic heterocycles. The van der Waals surface area contributed by atoms with E-state index < -0.39 is 10.8 Å². The highest BCUT2D eigenvalue weighted by Gasteiger charge is 2.14. The molecule has 1 aromatic carbocycles. The Balaban J connectivity index is 2.84. The molecule has 1 atom stereocenters. The van der Waals surface area contributed by atoms with Gasteiger partial charge in [-0.2, -0.15) is 0 Å². The predicted octanol–water partition coefficient (Wildman–Crippen LogP) is 3.88. The van der Waals surface area contributed by atoms with E-state index in [2.05, 4.69) is 0 Å². The Labute approximate surface area is 121 Å². The smallest absolute Gasteiger partial charge is 0.210 e. The average Bonchev–Trinajstić information content (AvgIpc) is 2.25. The van der Waals surface area contributed by atoms with Gasteiger partial charge in [0.1, 0.15) is 5.78 Å². The molecule has 0 saturated heterocycles. The third-order valence-electron chi connectivity index (χ3n) is 2.44.